The molecule has 13 heavy (non-hydrogen) atoms. The molecule has 78 valence electrons. The third kappa shape index (κ3) is 2.89. The lowest BCUT2D eigenvalue weighted by molar-refractivity contribution is 0.0461. The van der Waals surface area contributed by atoms with Crippen molar-refractivity contribution in [2.75, 3.05) is 28.2 Å². The summed E-state index contributed by atoms with van der Waals surface area (Å²) in [4.78, 5) is 4.24. The first-order valence-electron chi connectivity index (χ1n) is 4.61. The monoisotopic (exact) mass is 187 g/mol. The Kier molecular flexibility index (Phi) is 3.63. The summed E-state index contributed by atoms with van der Waals surface area (Å²) in [5.41, 5.74) is 0. The first-order valence-corrected chi connectivity index (χ1v) is 4.61. The van der Waals surface area contributed by atoms with E-state index < -0.39 is 0 Å². The SMILES string of the molecule is CC1NC(N(C)C)NC(N(C)C)N1. The fourth-order valence-electron chi connectivity index (χ4n) is 1.36. The maximum Gasteiger partial charge on any atom is 0.117 e. The van der Waals surface area contributed by atoms with Gasteiger partial charge in [0.15, 0.2) is 0 Å². The number of hydrogen-bond acceptors (Lipinski definition) is 5. The molecule has 1 aliphatic rings. The number of nitrogens with one attached hydrogen (secondary N) is 3. The van der Waals surface area contributed by atoms with E-state index in [-0.39, 0.29) is 12.6 Å². The molecule has 0 bridgehead atoms. The van der Waals surface area contributed by atoms with Crippen molar-refractivity contribution in [1.82, 2.24) is 25.8 Å². The van der Waals surface area contributed by atoms with Gasteiger partial charge in [-0.3, -0.25) is 25.8 Å². The number of hydrogen-bond donors (Lipinski definition) is 3. The summed E-state index contributed by atoms with van der Waals surface area (Å²) in [6.45, 7) is 2.12. The van der Waals surface area contributed by atoms with E-state index in [0.29, 0.717) is 6.17 Å². The van der Waals surface area contributed by atoms with Crippen molar-refractivity contribution in [2.45, 2.75) is 25.7 Å². The van der Waals surface area contributed by atoms with Crippen molar-refractivity contribution in [2.24, 2.45) is 0 Å². The fraction of sp³-hybridized carbons (Fsp3) is 1.00. The lowest BCUT2D eigenvalue weighted by Gasteiger charge is -2.42. The highest BCUT2D eigenvalue weighted by atomic mass is 15.5. The molecule has 3 N–H and O–H groups in total. The van der Waals surface area contributed by atoms with Crippen LogP contribution in [0.25, 0.3) is 0 Å². The van der Waals surface area contributed by atoms with Gasteiger partial charge in [-0.1, -0.05) is 0 Å². The van der Waals surface area contributed by atoms with E-state index in [0.717, 1.165) is 0 Å². The van der Waals surface area contributed by atoms with Crippen LogP contribution in [0.2, 0.25) is 0 Å². The molecule has 0 aromatic heterocycles. The lowest BCUT2D eigenvalue weighted by atomic mass is 10.4. The highest BCUT2D eigenvalue weighted by Gasteiger charge is 2.26. The minimum atomic E-state index is 0.226. The second kappa shape index (κ2) is 4.34. The first-order chi connectivity index (χ1) is 6.00. The summed E-state index contributed by atoms with van der Waals surface area (Å²) < 4.78 is 0. The molecule has 5 nitrogen and oxygen atoms in total. The van der Waals surface area contributed by atoms with Crippen molar-refractivity contribution in [3.8, 4) is 0 Å². The molecule has 2 atom stereocenters. The van der Waals surface area contributed by atoms with Crippen LogP contribution in [0.3, 0.4) is 0 Å². The van der Waals surface area contributed by atoms with Gasteiger partial charge in [-0.15, -0.1) is 0 Å². The summed E-state index contributed by atoms with van der Waals surface area (Å²) >= 11 is 0. The van der Waals surface area contributed by atoms with Crippen LogP contribution < -0.4 is 16.0 Å². The van der Waals surface area contributed by atoms with E-state index in [2.05, 4.69) is 60.9 Å². The van der Waals surface area contributed by atoms with E-state index in [1.165, 1.54) is 0 Å². The molecule has 0 amide bonds. The molecule has 0 radical (unpaired) electrons. The van der Waals surface area contributed by atoms with Gasteiger partial charge in [-0.25, -0.2) is 0 Å². The molecule has 0 saturated carbocycles. The predicted octanol–water partition coefficient (Wildman–Crippen LogP) is -1.19. The van der Waals surface area contributed by atoms with Gasteiger partial charge in [0.05, 0.1) is 6.17 Å². The van der Waals surface area contributed by atoms with Gasteiger partial charge in [-0.2, -0.15) is 0 Å². The minimum absolute atomic E-state index is 0.226. The van der Waals surface area contributed by atoms with Crippen LogP contribution in [0.4, 0.5) is 0 Å². The normalized spacial score (nSPS) is 35.8. The number of rotatable bonds is 2. The summed E-state index contributed by atoms with van der Waals surface area (Å²) in [7, 11) is 8.20. The van der Waals surface area contributed by atoms with Crippen LogP contribution in [0, 0.1) is 0 Å². The minimum Gasteiger partial charge on any atom is -0.282 e. The van der Waals surface area contributed by atoms with Gasteiger partial charge in [0.1, 0.15) is 12.6 Å². The summed E-state index contributed by atoms with van der Waals surface area (Å²) in [6, 6.07) is 0. The Morgan fingerprint density at radius 2 is 1.15 bits per heavy atom. The largest absolute Gasteiger partial charge is 0.282 e. The Balaban J connectivity index is 2.52. The van der Waals surface area contributed by atoms with Gasteiger partial charge >= 0.3 is 0 Å². The summed E-state index contributed by atoms with van der Waals surface area (Å²) in [6.07, 6.45) is 0.772. The van der Waals surface area contributed by atoms with Crippen molar-refractivity contribution < 1.29 is 0 Å². The van der Waals surface area contributed by atoms with Gasteiger partial charge in [0.2, 0.25) is 0 Å². The quantitative estimate of drug-likeness (QED) is 0.507. The molecule has 5 heteroatoms. The first kappa shape index (κ1) is 10.9. The summed E-state index contributed by atoms with van der Waals surface area (Å²) in [5.74, 6) is 0. The molecule has 2 unspecified atom stereocenters. The zero-order valence-corrected chi connectivity index (χ0v) is 9.13. The standard InChI is InChI=1S/C8H21N5/c1-6-9-7(12(2)3)11-8(10-6)13(4)5/h6-11H,1-5H3. The summed E-state index contributed by atoms with van der Waals surface area (Å²) in [5, 5.41) is 10.2. The van der Waals surface area contributed by atoms with Crippen LogP contribution in [0.1, 0.15) is 6.92 Å². The van der Waals surface area contributed by atoms with Crippen molar-refractivity contribution in [3.05, 3.63) is 0 Å². The highest BCUT2D eigenvalue weighted by molar-refractivity contribution is 4.77. The molecule has 0 spiro atoms. The van der Waals surface area contributed by atoms with E-state index >= 15 is 0 Å². The van der Waals surface area contributed by atoms with Crippen molar-refractivity contribution in [1.29, 1.82) is 0 Å². The Morgan fingerprint density at radius 1 is 0.769 bits per heavy atom. The van der Waals surface area contributed by atoms with Crippen LogP contribution in [0.5, 0.6) is 0 Å². The van der Waals surface area contributed by atoms with Crippen LogP contribution >= 0.6 is 0 Å². The highest BCUT2D eigenvalue weighted by Crippen LogP contribution is 1.98. The van der Waals surface area contributed by atoms with E-state index in [1.54, 1.807) is 0 Å². The molecular weight excluding hydrogens is 166 g/mol. The second-order valence-electron chi connectivity index (χ2n) is 3.95. The van der Waals surface area contributed by atoms with Crippen molar-refractivity contribution >= 4 is 0 Å². The van der Waals surface area contributed by atoms with Crippen LogP contribution in [-0.2, 0) is 0 Å². The maximum atomic E-state index is 3.41. The van der Waals surface area contributed by atoms with Gasteiger partial charge < -0.3 is 0 Å². The van der Waals surface area contributed by atoms with Gasteiger partial charge in [-0.05, 0) is 35.1 Å². The Labute approximate surface area is 80.5 Å². The van der Waals surface area contributed by atoms with Gasteiger partial charge in [0, 0.05) is 0 Å². The lowest BCUT2D eigenvalue weighted by Crippen LogP contribution is -2.73. The Hall–Kier alpha value is -0.200. The molecule has 1 heterocycles. The molecule has 1 saturated heterocycles. The third-order valence-corrected chi connectivity index (χ3v) is 2.16. The number of nitrogens with zero attached hydrogens (tertiary/aromatic N) is 2. The molecular formula is C8H21N5. The van der Waals surface area contributed by atoms with E-state index in [1.807, 2.05) is 0 Å². The molecule has 1 aliphatic heterocycles. The van der Waals surface area contributed by atoms with Crippen LogP contribution in [-0.4, -0.2) is 56.7 Å². The zero-order valence-electron chi connectivity index (χ0n) is 9.13. The van der Waals surface area contributed by atoms with Crippen LogP contribution in [0.15, 0.2) is 0 Å². The van der Waals surface area contributed by atoms with Crippen molar-refractivity contribution in [3.63, 3.8) is 0 Å². The molecule has 0 aromatic rings. The zero-order chi connectivity index (χ0) is 10.0. The smallest absolute Gasteiger partial charge is 0.117 e. The second-order valence-corrected chi connectivity index (χ2v) is 3.95. The fourth-order valence-corrected chi connectivity index (χ4v) is 1.36. The maximum absolute atomic E-state index is 3.41. The Bertz CT molecular complexity index is 143. The van der Waals surface area contributed by atoms with E-state index in [9.17, 15) is 0 Å². The average molecular weight is 187 g/mol. The third-order valence-electron chi connectivity index (χ3n) is 2.16. The average Bonchev–Trinajstić information content (AvgIpc) is 2.03. The molecule has 1 fully saturated rings. The van der Waals surface area contributed by atoms with E-state index in [4.69, 9.17) is 0 Å². The predicted molar refractivity (Wildman–Crippen MR) is 53.8 cm³/mol. The molecule has 0 aliphatic carbocycles. The van der Waals surface area contributed by atoms with Gasteiger partial charge in [0.25, 0.3) is 0 Å². The molecule has 0 aromatic carbocycles. The molecule has 1 rings (SSSR count). The Morgan fingerprint density at radius 3 is 1.46 bits per heavy atom. The topological polar surface area (TPSA) is 42.6 Å².